The monoisotopic (exact) mass is 296 g/mol. The highest BCUT2D eigenvalue weighted by Crippen LogP contribution is 2.37. The van der Waals surface area contributed by atoms with E-state index in [-0.39, 0.29) is 12.1 Å². The van der Waals surface area contributed by atoms with Crippen molar-refractivity contribution < 1.29 is 14.7 Å². The number of carboxylic acids is 1. The fourth-order valence-corrected chi connectivity index (χ4v) is 3.27. The molecule has 5 heteroatoms. The van der Waals surface area contributed by atoms with Gasteiger partial charge < -0.3 is 14.9 Å². The minimum atomic E-state index is -0.752. The third-order valence-corrected chi connectivity index (χ3v) is 4.83. The van der Waals surface area contributed by atoms with Crippen LogP contribution in [0.1, 0.15) is 52.9 Å². The highest BCUT2D eigenvalue weighted by Gasteiger charge is 2.46. The van der Waals surface area contributed by atoms with Gasteiger partial charge in [0.1, 0.15) is 0 Å². The minimum Gasteiger partial charge on any atom is -0.481 e. The van der Waals surface area contributed by atoms with E-state index in [1.54, 1.807) is 4.90 Å². The van der Waals surface area contributed by atoms with Gasteiger partial charge in [-0.25, -0.2) is 4.79 Å². The lowest BCUT2D eigenvalue weighted by Crippen LogP contribution is -2.47. The van der Waals surface area contributed by atoms with Crippen molar-refractivity contribution in [3.63, 3.8) is 0 Å². The quantitative estimate of drug-likeness (QED) is 0.820. The predicted octanol–water partition coefficient (Wildman–Crippen LogP) is 2.80. The van der Waals surface area contributed by atoms with Crippen LogP contribution >= 0.6 is 0 Å². The average molecular weight is 296 g/mol. The zero-order valence-electron chi connectivity index (χ0n) is 13.5. The number of nitrogens with zero attached hydrogens (tertiary/aromatic N) is 2. The van der Waals surface area contributed by atoms with Crippen molar-refractivity contribution in [2.45, 2.75) is 58.9 Å². The molecular formula is C16H28N2O3. The standard InChI is InChI=1S/C16H28N2O3/c1-4-7-16(14(19)20)8-9-17(11-16)15(21)18(12(2)3)10-13-5-6-13/h12-13H,4-11H2,1-3H3,(H,19,20). The van der Waals surface area contributed by atoms with Crippen molar-refractivity contribution >= 4 is 12.0 Å². The lowest BCUT2D eigenvalue weighted by molar-refractivity contribution is -0.148. The van der Waals surface area contributed by atoms with Crippen LogP contribution in [0.4, 0.5) is 4.79 Å². The molecule has 2 amide bonds. The molecule has 1 unspecified atom stereocenters. The molecule has 0 aromatic carbocycles. The zero-order chi connectivity index (χ0) is 15.6. The first-order valence-electron chi connectivity index (χ1n) is 8.18. The van der Waals surface area contributed by atoms with Gasteiger partial charge in [0.2, 0.25) is 0 Å². The summed E-state index contributed by atoms with van der Waals surface area (Å²) in [5.74, 6) is -0.100. The molecule has 0 radical (unpaired) electrons. The molecule has 5 nitrogen and oxygen atoms in total. The average Bonchev–Trinajstić information content (AvgIpc) is 3.14. The number of amides is 2. The molecule has 2 rings (SSSR count). The molecule has 2 aliphatic rings. The molecule has 21 heavy (non-hydrogen) atoms. The first-order chi connectivity index (χ1) is 9.89. The van der Waals surface area contributed by atoms with Crippen LogP contribution in [0.5, 0.6) is 0 Å². The number of carbonyl (C=O) groups excluding carboxylic acids is 1. The van der Waals surface area contributed by atoms with Gasteiger partial charge in [-0.15, -0.1) is 0 Å². The zero-order valence-corrected chi connectivity index (χ0v) is 13.5. The molecule has 0 bridgehead atoms. The molecule has 1 saturated heterocycles. The summed E-state index contributed by atoms with van der Waals surface area (Å²) in [6, 6.07) is 0.195. The maximum atomic E-state index is 12.7. The van der Waals surface area contributed by atoms with E-state index in [4.69, 9.17) is 0 Å². The number of carboxylic acid groups (broad SMARTS) is 1. The van der Waals surface area contributed by atoms with E-state index < -0.39 is 11.4 Å². The Labute approximate surface area is 127 Å². The van der Waals surface area contributed by atoms with E-state index in [0.29, 0.717) is 31.8 Å². The Balaban J connectivity index is 2.03. The summed E-state index contributed by atoms with van der Waals surface area (Å²) in [7, 11) is 0. The van der Waals surface area contributed by atoms with Crippen LogP contribution in [0.2, 0.25) is 0 Å². The summed E-state index contributed by atoms with van der Waals surface area (Å²) < 4.78 is 0. The van der Waals surface area contributed by atoms with Crippen molar-refractivity contribution in [1.29, 1.82) is 0 Å². The van der Waals surface area contributed by atoms with E-state index in [1.165, 1.54) is 12.8 Å². The Morgan fingerprint density at radius 1 is 1.38 bits per heavy atom. The summed E-state index contributed by atoms with van der Waals surface area (Å²) in [6.45, 7) is 7.82. The smallest absolute Gasteiger partial charge is 0.320 e. The summed E-state index contributed by atoms with van der Waals surface area (Å²) in [6.07, 6.45) is 4.49. The molecule has 120 valence electrons. The molecule has 1 atom stereocenters. The van der Waals surface area contributed by atoms with Gasteiger partial charge in [0.05, 0.1) is 5.41 Å². The summed E-state index contributed by atoms with van der Waals surface area (Å²) in [4.78, 5) is 28.0. The minimum absolute atomic E-state index is 0.0242. The van der Waals surface area contributed by atoms with Crippen molar-refractivity contribution in [1.82, 2.24) is 9.80 Å². The van der Waals surface area contributed by atoms with Gasteiger partial charge in [-0.3, -0.25) is 4.79 Å². The number of hydrogen-bond acceptors (Lipinski definition) is 2. The summed E-state index contributed by atoms with van der Waals surface area (Å²) in [5.41, 5.74) is -0.730. The van der Waals surface area contributed by atoms with Crippen molar-refractivity contribution in [2.24, 2.45) is 11.3 Å². The maximum absolute atomic E-state index is 12.7. The Morgan fingerprint density at radius 2 is 2.05 bits per heavy atom. The second kappa shape index (κ2) is 6.24. The highest BCUT2D eigenvalue weighted by atomic mass is 16.4. The van der Waals surface area contributed by atoms with E-state index in [2.05, 4.69) is 0 Å². The van der Waals surface area contributed by atoms with Gasteiger partial charge in [-0.05, 0) is 45.4 Å². The lowest BCUT2D eigenvalue weighted by Gasteiger charge is -2.32. The third-order valence-electron chi connectivity index (χ3n) is 4.83. The number of likely N-dealkylation sites (tertiary alicyclic amines) is 1. The molecule has 2 fully saturated rings. The van der Waals surface area contributed by atoms with E-state index in [0.717, 1.165) is 13.0 Å². The number of rotatable bonds is 6. The van der Waals surface area contributed by atoms with Crippen LogP contribution in [-0.2, 0) is 4.79 Å². The van der Waals surface area contributed by atoms with E-state index in [1.807, 2.05) is 25.7 Å². The number of aliphatic carboxylic acids is 1. The van der Waals surface area contributed by atoms with Crippen molar-refractivity contribution in [2.75, 3.05) is 19.6 Å². The van der Waals surface area contributed by atoms with Crippen LogP contribution in [-0.4, -0.2) is 52.6 Å². The Hall–Kier alpha value is -1.26. The summed E-state index contributed by atoms with van der Waals surface area (Å²) >= 11 is 0. The fourth-order valence-electron chi connectivity index (χ4n) is 3.27. The molecule has 0 aromatic heterocycles. The van der Waals surface area contributed by atoms with Crippen LogP contribution < -0.4 is 0 Å². The van der Waals surface area contributed by atoms with Crippen molar-refractivity contribution in [3.8, 4) is 0 Å². The van der Waals surface area contributed by atoms with Crippen molar-refractivity contribution in [3.05, 3.63) is 0 Å². The fraction of sp³-hybridized carbons (Fsp3) is 0.875. The molecular weight excluding hydrogens is 268 g/mol. The number of hydrogen-bond donors (Lipinski definition) is 1. The molecule has 1 aliphatic heterocycles. The highest BCUT2D eigenvalue weighted by molar-refractivity contribution is 5.80. The topological polar surface area (TPSA) is 60.9 Å². The van der Waals surface area contributed by atoms with Gasteiger partial charge in [-0.1, -0.05) is 13.3 Å². The van der Waals surface area contributed by atoms with Gasteiger partial charge in [0.15, 0.2) is 0 Å². The van der Waals surface area contributed by atoms with E-state index >= 15 is 0 Å². The lowest BCUT2D eigenvalue weighted by atomic mass is 9.83. The molecule has 0 spiro atoms. The van der Waals surface area contributed by atoms with Gasteiger partial charge in [0, 0.05) is 25.7 Å². The molecule has 1 saturated carbocycles. The van der Waals surface area contributed by atoms with Crippen LogP contribution in [0.3, 0.4) is 0 Å². The Kier molecular flexibility index (Phi) is 4.79. The maximum Gasteiger partial charge on any atom is 0.320 e. The normalized spacial score (nSPS) is 25.4. The first kappa shape index (κ1) is 16.1. The van der Waals surface area contributed by atoms with E-state index in [9.17, 15) is 14.7 Å². The Bertz CT molecular complexity index is 406. The second-order valence-electron chi connectivity index (χ2n) is 6.98. The molecule has 1 aliphatic carbocycles. The SMILES string of the molecule is CCCC1(C(=O)O)CCN(C(=O)N(CC2CC2)C(C)C)C1. The molecule has 0 aromatic rings. The van der Waals surface area contributed by atoms with Gasteiger partial charge in [-0.2, -0.15) is 0 Å². The van der Waals surface area contributed by atoms with Crippen LogP contribution in [0.25, 0.3) is 0 Å². The summed E-state index contributed by atoms with van der Waals surface area (Å²) in [5, 5.41) is 9.55. The largest absolute Gasteiger partial charge is 0.481 e. The predicted molar refractivity (Wildman–Crippen MR) is 81.1 cm³/mol. The van der Waals surface area contributed by atoms with Gasteiger partial charge in [0.25, 0.3) is 0 Å². The molecule has 1 N–H and O–H groups in total. The second-order valence-corrected chi connectivity index (χ2v) is 6.98. The Morgan fingerprint density at radius 3 is 2.52 bits per heavy atom. The third kappa shape index (κ3) is 3.50. The van der Waals surface area contributed by atoms with Crippen LogP contribution in [0, 0.1) is 11.3 Å². The van der Waals surface area contributed by atoms with Gasteiger partial charge >= 0.3 is 12.0 Å². The number of urea groups is 1. The van der Waals surface area contributed by atoms with Crippen LogP contribution in [0.15, 0.2) is 0 Å². The first-order valence-corrected chi connectivity index (χ1v) is 8.18. The molecule has 1 heterocycles. The number of carbonyl (C=O) groups is 2.